The lowest BCUT2D eigenvalue weighted by Crippen LogP contribution is -2.38. The van der Waals surface area contributed by atoms with E-state index in [2.05, 4.69) is 35.4 Å². The first kappa shape index (κ1) is 25.2. The molecule has 1 fully saturated rings. The molecular weight excluding hydrogens is 452 g/mol. The van der Waals surface area contributed by atoms with Gasteiger partial charge in [-0.15, -0.1) is 0 Å². The van der Waals surface area contributed by atoms with Gasteiger partial charge in [0.05, 0.1) is 17.8 Å². The maximum absolute atomic E-state index is 11.8. The number of H-pyrrole nitrogens is 1. The lowest BCUT2D eigenvalue weighted by molar-refractivity contribution is 0.00863. The number of aromatic nitrogens is 1. The van der Waals surface area contributed by atoms with E-state index in [0.717, 1.165) is 40.3 Å². The van der Waals surface area contributed by atoms with Crippen LogP contribution >= 0.6 is 0 Å². The molecule has 0 spiro atoms. The number of fused-ring (bicyclic) bond motifs is 4. The van der Waals surface area contributed by atoms with Gasteiger partial charge in [0.15, 0.2) is 0 Å². The van der Waals surface area contributed by atoms with Crippen molar-refractivity contribution in [1.29, 1.82) is 0 Å². The number of allylic oxidation sites excluding steroid dienone is 3. The van der Waals surface area contributed by atoms with Gasteiger partial charge in [-0.25, -0.2) is 0 Å². The molecule has 5 N–H and O–H groups in total. The summed E-state index contributed by atoms with van der Waals surface area (Å²) in [7, 11) is 3.75. The smallest absolute Gasteiger partial charge is 0.248 e. The molecule has 1 aromatic heterocycles. The molecule has 0 amide bonds. The molecule has 1 heterocycles. The number of benzene rings is 1. The van der Waals surface area contributed by atoms with Crippen LogP contribution in [0.25, 0.3) is 16.3 Å². The van der Waals surface area contributed by atoms with Gasteiger partial charge in [0, 0.05) is 17.7 Å². The Hall–Kier alpha value is -2.51. The molecule has 5 atom stereocenters. The van der Waals surface area contributed by atoms with Gasteiger partial charge in [0.2, 0.25) is 5.56 Å². The van der Waals surface area contributed by atoms with Gasteiger partial charge >= 0.3 is 0 Å². The quantitative estimate of drug-likeness (QED) is 0.418. The van der Waals surface area contributed by atoms with E-state index < -0.39 is 17.8 Å². The van der Waals surface area contributed by atoms with Gasteiger partial charge in [0.1, 0.15) is 0 Å². The zero-order valence-electron chi connectivity index (χ0n) is 21.5. The summed E-state index contributed by atoms with van der Waals surface area (Å²) in [6.45, 7) is 2.26. The highest BCUT2D eigenvalue weighted by molar-refractivity contribution is 5.87. The van der Waals surface area contributed by atoms with Crippen LogP contribution in [0.1, 0.15) is 57.4 Å². The number of nitrogens with one attached hydrogen (secondary N) is 2. The molecule has 1 aromatic carbocycles. The molecule has 0 bridgehead atoms. The van der Waals surface area contributed by atoms with Crippen molar-refractivity contribution < 1.29 is 15.3 Å². The number of rotatable bonds is 1. The van der Waals surface area contributed by atoms with Crippen molar-refractivity contribution in [3.63, 3.8) is 0 Å². The maximum atomic E-state index is 11.8. The van der Waals surface area contributed by atoms with Crippen LogP contribution in [0.15, 0.2) is 64.1 Å². The van der Waals surface area contributed by atoms with Crippen LogP contribution in [-0.2, 0) is 0 Å². The summed E-state index contributed by atoms with van der Waals surface area (Å²) in [6, 6.07) is 7.89. The van der Waals surface area contributed by atoms with Gasteiger partial charge < -0.3 is 25.6 Å². The van der Waals surface area contributed by atoms with Crippen LogP contribution in [0.2, 0.25) is 0 Å². The highest BCUT2D eigenvalue weighted by Crippen LogP contribution is 2.60. The third-order valence-corrected chi connectivity index (χ3v) is 8.85. The monoisotopic (exact) mass is 490 g/mol. The molecule has 1 saturated carbocycles. The molecule has 36 heavy (non-hydrogen) atoms. The highest BCUT2D eigenvalue weighted by Gasteiger charge is 2.50. The average Bonchev–Trinajstić information content (AvgIpc) is 3.09. The van der Waals surface area contributed by atoms with Crippen LogP contribution in [0.5, 0.6) is 0 Å². The predicted molar refractivity (Wildman–Crippen MR) is 144 cm³/mol. The van der Waals surface area contributed by atoms with Crippen LogP contribution in [0.3, 0.4) is 0 Å². The lowest BCUT2D eigenvalue weighted by Gasteiger charge is -2.43. The number of aliphatic hydroxyl groups is 3. The molecule has 6 heteroatoms. The Labute approximate surface area is 212 Å². The Bertz CT molecular complexity index is 1320. The number of hydrogen-bond donors (Lipinski definition) is 5. The summed E-state index contributed by atoms with van der Waals surface area (Å²) >= 11 is 0. The first-order chi connectivity index (χ1) is 17.2. The lowest BCUT2D eigenvalue weighted by atomic mass is 9.61. The fourth-order valence-electron chi connectivity index (χ4n) is 7.03. The molecule has 2 aromatic rings. The van der Waals surface area contributed by atoms with Crippen LogP contribution in [0.4, 0.5) is 0 Å². The topological polar surface area (TPSA) is 106 Å². The van der Waals surface area contributed by atoms with Gasteiger partial charge in [-0.3, -0.25) is 4.79 Å². The minimum absolute atomic E-state index is 0.108. The molecule has 4 aliphatic rings. The first-order valence-electron chi connectivity index (χ1n) is 13.1. The van der Waals surface area contributed by atoms with E-state index in [-0.39, 0.29) is 16.9 Å². The van der Waals surface area contributed by atoms with Crippen molar-refractivity contribution in [3.8, 4) is 0 Å². The fourth-order valence-corrected chi connectivity index (χ4v) is 7.03. The zero-order chi connectivity index (χ0) is 25.7. The molecule has 0 radical (unpaired) electrons. The molecule has 192 valence electrons. The van der Waals surface area contributed by atoms with Crippen molar-refractivity contribution in [2.45, 2.75) is 69.7 Å². The zero-order valence-corrected chi connectivity index (χ0v) is 21.5. The Morgan fingerprint density at radius 2 is 1.89 bits per heavy atom. The molecule has 4 unspecified atom stereocenters. The van der Waals surface area contributed by atoms with Crippen LogP contribution < -0.4 is 10.9 Å². The SMILES string of the molecule is CC12CC(O)C3=C(CC[C@@]4(O)CCC(O)CC4=C3)C1CC=C2c1ccc2c[nH]c(=O)cc2c1.CNC. The van der Waals surface area contributed by atoms with Gasteiger partial charge in [0.25, 0.3) is 0 Å². The second-order valence-corrected chi connectivity index (χ2v) is 11.3. The molecule has 6 nitrogen and oxygen atoms in total. The molecule has 0 saturated heterocycles. The predicted octanol–water partition coefficient (Wildman–Crippen LogP) is 3.83. The summed E-state index contributed by atoms with van der Waals surface area (Å²) in [5.74, 6) is 0.284. The van der Waals surface area contributed by atoms with Crippen molar-refractivity contribution in [1.82, 2.24) is 10.3 Å². The van der Waals surface area contributed by atoms with Crippen molar-refractivity contribution in [3.05, 3.63) is 75.3 Å². The minimum Gasteiger partial charge on any atom is -0.393 e. The van der Waals surface area contributed by atoms with Crippen LogP contribution in [0, 0.1) is 11.3 Å². The highest BCUT2D eigenvalue weighted by atomic mass is 16.3. The number of pyridine rings is 1. The fraction of sp³-hybridized carbons (Fsp3) is 0.500. The van der Waals surface area contributed by atoms with E-state index in [4.69, 9.17) is 0 Å². The third-order valence-electron chi connectivity index (χ3n) is 8.85. The van der Waals surface area contributed by atoms with Crippen LogP contribution in [-0.4, -0.2) is 52.2 Å². The van der Waals surface area contributed by atoms with Crippen molar-refractivity contribution >= 4 is 16.3 Å². The van der Waals surface area contributed by atoms with Gasteiger partial charge in [-0.1, -0.05) is 36.8 Å². The van der Waals surface area contributed by atoms with E-state index in [1.54, 1.807) is 12.3 Å². The summed E-state index contributed by atoms with van der Waals surface area (Å²) < 4.78 is 0. The summed E-state index contributed by atoms with van der Waals surface area (Å²) in [5.41, 5.74) is 4.29. The van der Waals surface area contributed by atoms with E-state index >= 15 is 0 Å². The number of aliphatic hydroxyl groups excluding tert-OH is 2. The van der Waals surface area contributed by atoms with E-state index in [1.807, 2.05) is 26.2 Å². The van der Waals surface area contributed by atoms with Gasteiger partial charge in [-0.2, -0.15) is 0 Å². The second-order valence-electron chi connectivity index (χ2n) is 11.3. The maximum Gasteiger partial charge on any atom is 0.248 e. The Morgan fingerprint density at radius 3 is 2.67 bits per heavy atom. The first-order valence-corrected chi connectivity index (χ1v) is 13.1. The molecule has 6 rings (SSSR count). The van der Waals surface area contributed by atoms with E-state index in [1.165, 1.54) is 11.1 Å². The van der Waals surface area contributed by atoms with E-state index in [9.17, 15) is 20.1 Å². The summed E-state index contributed by atoms with van der Waals surface area (Å²) in [5, 5.41) is 37.6. The standard InChI is InChI=1S/C28H31NO4.C2H7N/c1-27-14-25(31)22-13-19-12-20(30)6-8-28(19,33)9-7-21(22)24(27)5-4-23(27)16-2-3-17-15-29-26(32)11-18(17)10-16;1-3-2/h2-4,10-11,13,15,20,24-25,30-31,33H,5-9,12,14H2,1H3,(H,29,32);3H,1-2H3/t20?,24?,25?,27?,28-;/m0./s1. The number of hydrogen-bond acceptors (Lipinski definition) is 5. The van der Waals surface area contributed by atoms with Crippen molar-refractivity contribution in [2.24, 2.45) is 11.3 Å². The van der Waals surface area contributed by atoms with E-state index in [0.29, 0.717) is 32.1 Å². The minimum atomic E-state index is -0.868. The molecule has 4 aliphatic carbocycles. The Morgan fingerprint density at radius 1 is 1.11 bits per heavy atom. The second kappa shape index (κ2) is 9.42. The molecule has 0 aliphatic heterocycles. The summed E-state index contributed by atoms with van der Waals surface area (Å²) in [4.78, 5) is 14.6. The normalized spacial score (nSPS) is 33.4. The molecular formula is C30H38N2O4. The Kier molecular flexibility index (Phi) is 6.58. The number of aromatic amines is 1. The Balaban J connectivity index is 0.000000848. The average molecular weight is 491 g/mol. The third kappa shape index (κ3) is 4.20. The summed E-state index contributed by atoms with van der Waals surface area (Å²) in [6.07, 6.45) is 9.72. The largest absolute Gasteiger partial charge is 0.393 e. The van der Waals surface area contributed by atoms with Gasteiger partial charge in [-0.05, 0) is 104 Å². The van der Waals surface area contributed by atoms with Crippen molar-refractivity contribution in [2.75, 3.05) is 14.1 Å².